The van der Waals surface area contributed by atoms with Crippen LogP contribution in [-0.4, -0.2) is 39.4 Å². The Labute approximate surface area is 103 Å². The molecule has 1 unspecified atom stereocenters. The summed E-state index contributed by atoms with van der Waals surface area (Å²) in [7, 11) is 0. The fourth-order valence-corrected chi connectivity index (χ4v) is 3.18. The third-order valence-corrected chi connectivity index (χ3v) is 3.77. The van der Waals surface area contributed by atoms with Gasteiger partial charge in [0.25, 0.3) is 0 Å². The van der Waals surface area contributed by atoms with Gasteiger partial charge in [-0.05, 0) is 53.4 Å². The van der Waals surface area contributed by atoms with E-state index < -0.39 is 5.60 Å². The van der Waals surface area contributed by atoms with Crippen molar-refractivity contribution in [1.82, 2.24) is 4.90 Å². The predicted molar refractivity (Wildman–Crippen MR) is 64.7 cm³/mol. The zero-order valence-corrected chi connectivity index (χ0v) is 11.2. The molecule has 2 aliphatic heterocycles. The standard InChI is InChI=1S/C13H23NO3/c1-12(2,3)17-11(16)14-9-5-6-13(14,4)8-10(15)7-9/h9-10,15H,5-8H2,1-4H3/t9?,10-,13+/m0/s1. The topological polar surface area (TPSA) is 49.8 Å². The second kappa shape index (κ2) is 3.87. The summed E-state index contributed by atoms with van der Waals surface area (Å²) in [6.45, 7) is 7.70. The number of ether oxygens (including phenoxy) is 1. The SMILES string of the molecule is CC(C)(C)OC(=O)N1C2CC[C@]1(C)C[C@@H](O)C2. The normalized spacial score (nSPS) is 37.1. The summed E-state index contributed by atoms with van der Waals surface area (Å²) in [5.74, 6) is 0. The molecule has 2 rings (SSSR count). The number of carbonyl (C=O) groups is 1. The molecule has 17 heavy (non-hydrogen) atoms. The summed E-state index contributed by atoms with van der Waals surface area (Å²) in [4.78, 5) is 14.1. The average Bonchev–Trinajstić information content (AvgIpc) is 2.31. The smallest absolute Gasteiger partial charge is 0.410 e. The molecule has 2 fully saturated rings. The Hall–Kier alpha value is -0.770. The molecule has 0 aliphatic carbocycles. The van der Waals surface area contributed by atoms with Crippen molar-refractivity contribution >= 4 is 6.09 Å². The molecule has 0 aromatic heterocycles. The lowest BCUT2D eigenvalue weighted by Crippen LogP contribution is -2.56. The molecule has 0 spiro atoms. The van der Waals surface area contributed by atoms with Crippen LogP contribution < -0.4 is 0 Å². The lowest BCUT2D eigenvalue weighted by molar-refractivity contribution is -0.0361. The minimum absolute atomic E-state index is 0.151. The minimum Gasteiger partial charge on any atom is -0.444 e. The number of fused-ring (bicyclic) bond motifs is 2. The monoisotopic (exact) mass is 241 g/mol. The van der Waals surface area contributed by atoms with E-state index in [1.165, 1.54) is 0 Å². The molecule has 1 N–H and O–H groups in total. The van der Waals surface area contributed by atoms with Gasteiger partial charge in [0.2, 0.25) is 0 Å². The quantitative estimate of drug-likeness (QED) is 0.708. The van der Waals surface area contributed by atoms with Crippen molar-refractivity contribution in [2.24, 2.45) is 0 Å². The summed E-state index contributed by atoms with van der Waals surface area (Å²) >= 11 is 0. The summed E-state index contributed by atoms with van der Waals surface area (Å²) in [5, 5.41) is 9.81. The van der Waals surface area contributed by atoms with Crippen LogP contribution in [0.3, 0.4) is 0 Å². The first kappa shape index (κ1) is 12.7. The van der Waals surface area contributed by atoms with Crippen LogP contribution in [0.1, 0.15) is 53.4 Å². The third kappa shape index (κ3) is 2.41. The van der Waals surface area contributed by atoms with E-state index in [2.05, 4.69) is 6.92 Å². The number of carbonyl (C=O) groups excluding carboxylic acids is 1. The molecule has 0 radical (unpaired) electrons. The van der Waals surface area contributed by atoms with Gasteiger partial charge in [-0.15, -0.1) is 0 Å². The molecule has 3 atom stereocenters. The van der Waals surface area contributed by atoms with Gasteiger partial charge < -0.3 is 9.84 Å². The van der Waals surface area contributed by atoms with E-state index in [0.29, 0.717) is 12.8 Å². The van der Waals surface area contributed by atoms with Crippen LogP contribution >= 0.6 is 0 Å². The number of nitrogens with zero attached hydrogens (tertiary/aromatic N) is 1. The Morgan fingerprint density at radius 2 is 2.12 bits per heavy atom. The highest BCUT2D eigenvalue weighted by Gasteiger charge is 2.51. The highest BCUT2D eigenvalue weighted by molar-refractivity contribution is 5.70. The van der Waals surface area contributed by atoms with Gasteiger partial charge in [-0.3, -0.25) is 4.90 Å². The Bertz CT molecular complexity index is 323. The molecule has 4 nitrogen and oxygen atoms in total. The lowest BCUT2D eigenvalue weighted by atomic mass is 9.89. The molecule has 0 saturated carbocycles. The second-order valence-electron chi connectivity index (χ2n) is 6.63. The van der Waals surface area contributed by atoms with E-state index in [9.17, 15) is 9.90 Å². The fraction of sp³-hybridized carbons (Fsp3) is 0.923. The first-order valence-corrected chi connectivity index (χ1v) is 6.42. The van der Waals surface area contributed by atoms with Gasteiger partial charge >= 0.3 is 6.09 Å². The van der Waals surface area contributed by atoms with Crippen LogP contribution in [0.5, 0.6) is 0 Å². The van der Waals surface area contributed by atoms with E-state index in [4.69, 9.17) is 4.74 Å². The van der Waals surface area contributed by atoms with Crippen molar-refractivity contribution in [3.63, 3.8) is 0 Å². The van der Waals surface area contributed by atoms with Crippen molar-refractivity contribution in [2.75, 3.05) is 0 Å². The number of aliphatic hydroxyl groups excluding tert-OH is 1. The molecule has 1 amide bonds. The summed E-state index contributed by atoms with van der Waals surface area (Å²) in [6.07, 6.45) is 2.80. The predicted octanol–water partition coefficient (Wildman–Crippen LogP) is 2.30. The Kier molecular flexibility index (Phi) is 2.89. The lowest BCUT2D eigenvalue weighted by Gasteiger charge is -2.44. The van der Waals surface area contributed by atoms with Crippen LogP contribution in [0, 0.1) is 0 Å². The van der Waals surface area contributed by atoms with Crippen molar-refractivity contribution in [2.45, 2.75) is 76.7 Å². The minimum atomic E-state index is -0.455. The van der Waals surface area contributed by atoms with Crippen LogP contribution in [0.2, 0.25) is 0 Å². The maximum Gasteiger partial charge on any atom is 0.410 e. The third-order valence-electron chi connectivity index (χ3n) is 3.77. The van der Waals surface area contributed by atoms with Crippen LogP contribution in [-0.2, 0) is 4.74 Å². The molecule has 2 saturated heterocycles. The largest absolute Gasteiger partial charge is 0.444 e. The van der Waals surface area contributed by atoms with Gasteiger partial charge in [0.15, 0.2) is 0 Å². The number of aliphatic hydroxyl groups is 1. The highest BCUT2D eigenvalue weighted by atomic mass is 16.6. The van der Waals surface area contributed by atoms with Crippen LogP contribution in [0.25, 0.3) is 0 Å². The zero-order valence-electron chi connectivity index (χ0n) is 11.2. The van der Waals surface area contributed by atoms with E-state index in [1.54, 1.807) is 0 Å². The molecule has 0 aromatic rings. The first-order valence-electron chi connectivity index (χ1n) is 6.42. The van der Waals surface area contributed by atoms with Crippen LogP contribution in [0.15, 0.2) is 0 Å². The number of amides is 1. The molecule has 0 aromatic carbocycles. The summed E-state index contributed by atoms with van der Waals surface area (Å²) < 4.78 is 5.46. The van der Waals surface area contributed by atoms with Crippen molar-refractivity contribution < 1.29 is 14.6 Å². The van der Waals surface area contributed by atoms with Gasteiger partial charge in [-0.2, -0.15) is 0 Å². The molecular weight excluding hydrogens is 218 g/mol. The summed E-state index contributed by atoms with van der Waals surface area (Å²) in [6, 6.07) is 0.151. The Morgan fingerprint density at radius 3 is 2.65 bits per heavy atom. The molecular formula is C13H23NO3. The Morgan fingerprint density at radius 1 is 1.47 bits per heavy atom. The molecule has 2 bridgehead atoms. The molecule has 4 heteroatoms. The van der Waals surface area contributed by atoms with Crippen molar-refractivity contribution in [3.05, 3.63) is 0 Å². The average molecular weight is 241 g/mol. The maximum atomic E-state index is 12.2. The van der Waals surface area contributed by atoms with E-state index >= 15 is 0 Å². The molecule has 2 heterocycles. The van der Waals surface area contributed by atoms with E-state index in [-0.39, 0.29) is 23.8 Å². The van der Waals surface area contributed by atoms with E-state index in [1.807, 2.05) is 25.7 Å². The molecule has 2 aliphatic rings. The van der Waals surface area contributed by atoms with Crippen molar-refractivity contribution in [3.8, 4) is 0 Å². The van der Waals surface area contributed by atoms with Crippen LogP contribution in [0.4, 0.5) is 4.79 Å². The number of hydrogen-bond donors (Lipinski definition) is 1. The Balaban J connectivity index is 2.14. The van der Waals surface area contributed by atoms with E-state index in [0.717, 1.165) is 12.8 Å². The van der Waals surface area contributed by atoms with Gasteiger partial charge in [0.05, 0.1) is 6.10 Å². The maximum absolute atomic E-state index is 12.2. The van der Waals surface area contributed by atoms with Gasteiger partial charge in [-0.1, -0.05) is 0 Å². The van der Waals surface area contributed by atoms with Gasteiger partial charge in [-0.25, -0.2) is 4.79 Å². The van der Waals surface area contributed by atoms with Crippen molar-refractivity contribution in [1.29, 1.82) is 0 Å². The summed E-state index contributed by atoms with van der Waals surface area (Å²) in [5.41, 5.74) is -0.673. The second-order valence-corrected chi connectivity index (χ2v) is 6.63. The first-order chi connectivity index (χ1) is 7.71. The number of hydrogen-bond acceptors (Lipinski definition) is 3. The fourth-order valence-electron chi connectivity index (χ4n) is 3.18. The van der Waals surface area contributed by atoms with Gasteiger partial charge in [0, 0.05) is 11.6 Å². The molecule has 98 valence electrons. The number of piperidine rings is 1. The number of rotatable bonds is 0. The highest BCUT2D eigenvalue weighted by Crippen LogP contribution is 2.44. The zero-order chi connectivity index (χ0) is 12.8. The van der Waals surface area contributed by atoms with Gasteiger partial charge in [0.1, 0.15) is 5.60 Å².